The number of benzene rings is 1. The first-order valence-corrected chi connectivity index (χ1v) is 10.3. The summed E-state index contributed by atoms with van der Waals surface area (Å²) in [4.78, 5) is 19.0. The molecule has 0 atom stereocenters. The van der Waals surface area contributed by atoms with Gasteiger partial charge in [-0.05, 0) is 38.8 Å². The maximum Gasteiger partial charge on any atom is 0.239 e. The largest absolute Gasteiger partial charge is 0.352 e. The minimum absolute atomic E-state index is 0.0699. The molecular weight excluding hydrogens is 358 g/mol. The second-order valence-corrected chi connectivity index (χ2v) is 8.36. The van der Waals surface area contributed by atoms with Crippen molar-refractivity contribution in [2.24, 2.45) is 0 Å². The van der Waals surface area contributed by atoms with Crippen molar-refractivity contribution in [2.75, 3.05) is 18.5 Å². The van der Waals surface area contributed by atoms with E-state index < -0.39 is 0 Å². The van der Waals surface area contributed by atoms with Crippen LogP contribution in [0.4, 0.5) is 5.13 Å². The van der Waals surface area contributed by atoms with Crippen LogP contribution in [0.3, 0.4) is 0 Å². The van der Waals surface area contributed by atoms with Crippen molar-refractivity contribution in [1.82, 2.24) is 20.1 Å². The van der Waals surface area contributed by atoms with E-state index in [0.717, 1.165) is 39.7 Å². The molecule has 0 radical (unpaired) electrons. The Bertz CT molecular complexity index is 953. The number of aryl methyl sites for hydroxylation is 2. The Kier molecular flexibility index (Phi) is 4.86. The molecule has 1 aliphatic carbocycles. The molecule has 1 aromatic carbocycles. The van der Waals surface area contributed by atoms with E-state index in [1.54, 1.807) is 11.3 Å². The van der Waals surface area contributed by atoms with Gasteiger partial charge in [-0.1, -0.05) is 41.9 Å². The van der Waals surface area contributed by atoms with Crippen molar-refractivity contribution < 1.29 is 4.79 Å². The predicted octanol–water partition coefficient (Wildman–Crippen LogP) is 3.59. The van der Waals surface area contributed by atoms with Crippen LogP contribution in [0.2, 0.25) is 0 Å². The monoisotopic (exact) mass is 383 g/mol. The number of carbonyl (C=O) groups is 1. The van der Waals surface area contributed by atoms with Crippen LogP contribution >= 0.6 is 11.3 Å². The molecule has 1 amide bonds. The van der Waals surface area contributed by atoms with Gasteiger partial charge < -0.3 is 10.2 Å². The van der Waals surface area contributed by atoms with Crippen molar-refractivity contribution in [3.05, 3.63) is 35.5 Å². The number of thiazole rings is 1. The Balaban J connectivity index is 1.55. The second kappa shape index (κ2) is 7.31. The average molecular weight is 384 g/mol. The van der Waals surface area contributed by atoms with Gasteiger partial charge in [-0.3, -0.25) is 4.79 Å². The molecule has 0 saturated heterocycles. The zero-order valence-corrected chi connectivity index (χ0v) is 16.8. The van der Waals surface area contributed by atoms with E-state index in [4.69, 9.17) is 4.98 Å². The van der Waals surface area contributed by atoms with E-state index in [2.05, 4.69) is 41.6 Å². The Morgan fingerprint density at radius 1 is 1.26 bits per heavy atom. The first kappa shape index (κ1) is 18.0. The minimum atomic E-state index is 0.0699. The summed E-state index contributed by atoms with van der Waals surface area (Å²) in [5.41, 5.74) is 4.01. The molecule has 1 fully saturated rings. The van der Waals surface area contributed by atoms with Crippen LogP contribution in [0.15, 0.2) is 24.3 Å². The number of hydrogen-bond donors (Lipinski definition) is 1. The van der Waals surface area contributed by atoms with Gasteiger partial charge >= 0.3 is 0 Å². The van der Waals surface area contributed by atoms with Crippen LogP contribution in [-0.2, 0) is 4.79 Å². The fourth-order valence-electron chi connectivity index (χ4n) is 3.58. The quantitative estimate of drug-likeness (QED) is 0.731. The molecule has 142 valence electrons. The average Bonchev–Trinajstić information content (AvgIpc) is 3.34. The van der Waals surface area contributed by atoms with Gasteiger partial charge in [0.1, 0.15) is 0 Å². The van der Waals surface area contributed by atoms with E-state index in [1.165, 1.54) is 18.4 Å². The first-order valence-electron chi connectivity index (χ1n) is 9.45. The molecule has 0 spiro atoms. The van der Waals surface area contributed by atoms with Crippen molar-refractivity contribution in [2.45, 2.75) is 45.6 Å². The van der Waals surface area contributed by atoms with Gasteiger partial charge in [-0.2, -0.15) is 10.1 Å². The van der Waals surface area contributed by atoms with Crippen LogP contribution in [0.25, 0.3) is 16.0 Å². The Morgan fingerprint density at radius 2 is 1.96 bits per heavy atom. The highest BCUT2D eigenvalue weighted by atomic mass is 32.1. The lowest BCUT2D eigenvalue weighted by Gasteiger charge is -2.17. The molecule has 4 rings (SSSR count). The van der Waals surface area contributed by atoms with Gasteiger partial charge in [0, 0.05) is 13.1 Å². The van der Waals surface area contributed by atoms with Crippen molar-refractivity contribution in [3.63, 3.8) is 0 Å². The van der Waals surface area contributed by atoms with Crippen LogP contribution in [0.1, 0.15) is 36.9 Å². The summed E-state index contributed by atoms with van der Waals surface area (Å²) < 4.78 is 2.95. The van der Waals surface area contributed by atoms with Gasteiger partial charge in [0.05, 0.1) is 22.6 Å². The van der Waals surface area contributed by atoms with Gasteiger partial charge in [-0.15, -0.1) is 0 Å². The zero-order chi connectivity index (χ0) is 19.0. The van der Waals surface area contributed by atoms with E-state index >= 15 is 0 Å². The van der Waals surface area contributed by atoms with Crippen LogP contribution in [0.5, 0.6) is 0 Å². The lowest BCUT2D eigenvalue weighted by atomic mass is 10.2. The summed E-state index contributed by atoms with van der Waals surface area (Å²) >= 11 is 1.59. The van der Waals surface area contributed by atoms with E-state index in [0.29, 0.717) is 12.6 Å². The standard InChI is InChI=1S/C20H25N5OS/c1-13-8-10-16(11-9-13)25-19-18(14(2)23-25)27-20(22-19)24(3)12-17(26)21-15-6-4-5-7-15/h8-11,15H,4-7,12H2,1-3H3,(H,21,26). The molecule has 2 aromatic heterocycles. The van der Waals surface area contributed by atoms with E-state index in [9.17, 15) is 4.79 Å². The third-order valence-electron chi connectivity index (χ3n) is 5.08. The minimum Gasteiger partial charge on any atom is -0.352 e. The highest BCUT2D eigenvalue weighted by Gasteiger charge is 2.21. The molecule has 0 unspecified atom stereocenters. The first-order chi connectivity index (χ1) is 13.0. The maximum absolute atomic E-state index is 12.3. The Hall–Kier alpha value is -2.41. The van der Waals surface area contributed by atoms with E-state index in [1.807, 2.05) is 23.6 Å². The van der Waals surface area contributed by atoms with Crippen LogP contribution in [0, 0.1) is 13.8 Å². The summed E-state index contributed by atoms with van der Waals surface area (Å²) in [7, 11) is 1.92. The third-order valence-corrected chi connectivity index (χ3v) is 6.35. The molecule has 3 aromatic rings. The highest BCUT2D eigenvalue weighted by Crippen LogP contribution is 2.32. The summed E-state index contributed by atoms with van der Waals surface area (Å²) in [5.74, 6) is 0.0699. The number of aromatic nitrogens is 3. The predicted molar refractivity (Wildman–Crippen MR) is 110 cm³/mol. The lowest BCUT2D eigenvalue weighted by Crippen LogP contribution is -2.39. The number of anilines is 1. The lowest BCUT2D eigenvalue weighted by molar-refractivity contribution is -0.120. The summed E-state index contributed by atoms with van der Waals surface area (Å²) in [6.45, 7) is 4.39. The molecule has 7 heteroatoms. The van der Waals surface area contributed by atoms with Crippen molar-refractivity contribution in [3.8, 4) is 5.69 Å². The topological polar surface area (TPSA) is 63.1 Å². The number of nitrogens with one attached hydrogen (secondary N) is 1. The molecule has 6 nitrogen and oxygen atoms in total. The van der Waals surface area contributed by atoms with Gasteiger partial charge in [0.25, 0.3) is 0 Å². The Labute approximate surface area is 163 Å². The number of hydrogen-bond acceptors (Lipinski definition) is 5. The number of nitrogens with zero attached hydrogens (tertiary/aromatic N) is 4. The van der Waals surface area contributed by atoms with Gasteiger partial charge in [0.15, 0.2) is 10.8 Å². The van der Waals surface area contributed by atoms with Crippen LogP contribution < -0.4 is 10.2 Å². The normalized spacial score (nSPS) is 14.8. The summed E-state index contributed by atoms with van der Waals surface area (Å²) in [6, 6.07) is 8.60. The molecular formula is C20H25N5OS. The second-order valence-electron chi connectivity index (χ2n) is 7.39. The molecule has 2 heterocycles. The molecule has 1 aliphatic rings. The Morgan fingerprint density at radius 3 is 2.67 bits per heavy atom. The number of likely N-dealkylation sites (N-methyl/N-ethyl adjacent to an activating group) is 1. The fraction of sp³-hybridized carbons (Fsp3) is 0.450. The van der Waals surface area contributed by atoms with Crippen LogP contribution in [-0.4, -0.2) is 40.3 Å². The molecule has 0 bridgehead atoms. The number of rotatable bonds is 5. The zero-order valence-electron chi connectivity index (χ0n) is 16.0. The number of carbonyl (C=O) groups excluding carboxylic acids is 1. The molecule has 1 saturated carbocycles. The number of fused-ring (bicyclic) bond motifs is 1. The van der Waals surface area contributed by atoms with Crippen molar-refractivity contribution >= 4 is 32.7 Å². The van der Waals surface area contributed by atoms with Crippen molar-refractivity contribution in [1.29, 1.82) is 0 Å². The third kappa shape index (κ3) is 3.69. The SMILES string of the molecule is Cc1ccc(-n2nc(C)c3sc(N(C)CC(=O)NC4CCCC4)nc32)cc1. The molecule has 27 heavy (non-hydrogen) atoms. The molecule has 1 N–H and O–H groups in total. The number of amides is 1. The fourth-order valence-corrected chi connectivity index (χ4v) is 4.53. The summed E-state index contributed by atoms with van der Waals surface area (Å²) in [6.07, 6.45) is 4.63. The highest BCUT2D eigenvalue weighted by molar-refractivity contribution is 7.22. The summed E-state index contributed by atoms with van der Waals surface area (Å²) in [5, 5.41) is 8.63. The van der Waals surface area contributed by atoms with E-state index in [-0.39, 0.29) is 5.91 Å². The molecule has 0 aliphatic heterocycles. The van der Waals surface area contributed by atoms with Gasteiger partial charge in [0.2, 0.25) is 5.91 Å². The maximum atomic E-state index is 12.3. The smallest absolute Gasteiger partial charge is 0.239 e. The van der Waals surface area contributed by atoms with Gasteiger partial charge in [-0.25, -0.2) is 4.68 Å².